The summed E-state index contributed by atoms with van der Waals surface area (Å²) in [5, 5.41) is 9.27. The van der Waals surface area contributed by atoms with Gasteiger partial charge in [-0.2, -0.15) is 0 Å². The molecule has 172 valence electrons. The van der Waals surface area contributed by atoms with Gasteiger partial charge in [-0.15, -0.1) is 0 Å². The molecule has 2 aliphatic rings. The molecule has 3 rings (SSSR count). The van der Waals surface area contributed by atoms with E-state index in [1.54, 1.807) is 0 Å². The minimum absolute atomic E-state index is 0.127. The number of aliphatic carboxylic acids is 1. The highest BCUT2D eigenvalue weighted by molar-refractivity contribution is 5.77. The van der Waals surface area contributed by atoms with Crippen molar-refractivity contribution in [1.82, 2.24) is 0 Å². The van der Waals surface area contributed by atoms with Crippen molar-refractivity contribution < 1.29 is 19.4 Å². The number of carbonyl (C=O) groups excluding carboxylic acids is 1. The minimum atomic E-state index is -0.587. The van der Waals surface area contributed by atoms with Crippen LogP contribution in [0.1, 0.15) is 105 Å². The van der Waals surface area contributed by atoms with Crippen LogP contribution in [0.4, 0.5) is 0 Å². The van der Waals surface area contributed by atoms with Gasteiger partial charge in [0.05, 0.1) is 5.41 Å². The van der Waals surface area contributed by atoms with E-state index in [2.05, 4.69) is 26.8 Å². The lowest BCUT2D eigenvalue weighted by atomic mass is 9.88. The SMILES string of the molecule is Cc1cc(CCCCCCC2(C(=O)O)CC2)c(C)c(C)c1CCCCC1(OC=O)CC1. The molecule has 0 atom stereocenters. The molecule has 2 saturated carbocycles. The van der Waals surface area contributed by atoms with Crippen molar-refractivity contribution in [2.24, 2.45) is 5.41 Å². The third-order valence-electron chi connectivity index (χ3n) is 7.94. The molecule has 1 aromatic rings. The Labute approximate surface area is 187 Å². The first-order valence-electron chi connectivity index (χ1n) is 12.3. The van der Waals surface area contributed by atoms with Gasteiger partial charge in [-0.3, -0.25) is 9.59 Å². The fraction of sp³-hybridized carbons (Fsp3) is 0.704. The van der Waals surface area contributed by atoms with Gasteiger partial charge in [-0.1, -0.05) is 25.3 Å². The Morgan fingerprint density at radius 3 is 2.19 bits per heavy atom. The summed E-state index contributed by atoms with van der Waals surface area (Å²) in [6.07, 6.45) is 14.7. The summed E-state index contributed by atoms with van der Waals surface area (Å²) in [6.45, 7) is 7.38. The van der Waals surface area contributed by atoms with E-state index in [1.165, 1.54) is 40.7 Å². The van der Waals surface area contributed by atoms with Crippen LogP contribution in [0, 0.1) is 26.2 Å². The van der Waals surface area contributed by atoms with Crippen molar-refractivity contribution >= 4 is 12.4 Å². The van der Waals surface area contributed by atoms with E-state index in [0.29, 0.717) is 6.47 Å². The molecule has 0 saturated heterocycles. The monoisotopic (exact) mass is 428 g/mol. The quantitative estimate of drug-likeness (QED) is 0.260. The zero-order valence-electron chi connectivity index (χ0n) is 19.7. The molecule has 0 amide bonds. The minimum Gasteiger partial charge on any atom is -0.481 e. The van der Waals surface area contributed by atoms with E-state index >= 15 is 0 Å². The number of rotatable bonds is 15. The van der Waals surface area contributed by atoms with Crippen molar-refractivity contribution in [1.29, 1.82) is 0 Å². The Morgan fingerprint density at radius 2 is 1.58 bits per heavy atom. The second kappa shape index (κ2) is 10.2. The van der Waals surface area contributed by atoms with Crippen molar-refractivity contribution in [3.8, 4) is 0 Å². The average molecular weight is 429 g/mol. The molecule has 1 aromatic carbocycles. The molecule has 0 spiro atoms. The normalized spacial score (nSPS) is 17.9. The lowest BCUT2D eigenvalue weighted by Crippen LogP contribution is -2.14. The van der Waals surface area contributed by atoms with E-state index in [9.17, 15) is 14.7 Å². The number of aryl methyl sites for hydroxylation is 2. The number of carboxylic acids is 1. The fourth-order valence-corrected chi connectivity index (χ4v) is 5.14. The number of ether oxygens (including phenoxy) is 1. The Hall–Kier alpha value is -1.84. The second-order valence-electron chi connectivity index (χ2n) is 10.2. The van der Waals surface area contributed by atoms with Gasteiger partial charge in [0.1, 0.15) is 5.60 Å². The number of unbranched alkanes of at least 4 members (excludes halogenated alkanes) is 4. The van der Waals surface area contributed by atoms with E-state index in [4.69, 9.17) is 4.74 Å². The Morgan fingerprint density at radius 1 is 0.935 bits per heavy atom. The highest BCUT2D eigenvalue weighted by atomic mass is 16.5. The third kappa shape index (κ3) is 6.11. The molecule has 0 radical (unpaired) electrons. The van der Waals surface area contributed by atoms with Gasteiger partial charge in [0.15, 0.2) is 0 Å². The highest BCUT2D eigenvalue weighted by Crippen LogP contribution is 2.50. The molecule has 4 heteroatoms. The molecule has 2 aliphatic carbocycles. The number of hydrogen-bond donors (Lipinski definition) is 1. The van der Waals surface area contributed by atoms with Crippen molar-refractivity contribution in [3.63, 3.8) is 0 Å². The molecular formula is C27H40O4. The number of carboxylic acid groups (broad SMARTS) is 1. The number of benzene rings is 1. The topological polar surface area (TPSA) is 63.6 Å². The van der Waals surface area contributed by atoms with Crippen LogP contribution in [-0.2, 0) is 27.2 Å². The maximum Gasteiger partial charge on any atom is 0.309 e. The summed E-state index contributed by atoms with van der Waals surface area (Å²) in [5.74, 6) is -0.587. The van der Waals surface area contributed by atoms with Gasteiger partial charge < -0.3 is 9.84 Å². The van der Waals surface area contributed by atoms with E-state index in [1.807, 2.05) is 0 Å². The summed E-state index contributed by atoms with van der Waals surface area (Å²) in [7, 11) is 0. The summed E-state index contributed by atoms with van der Waals surface area (Å²) in [6, 6.07) is 2.39. The zero-order chi connectivity index (χ0) is 22.5. The summed E-state index contributed by atoms with van der Waals surface area (Å²) in [4.78, 5) is 21.9. The van der Waals surface area contributed by atoms with Crippen molar-refractivity contribution in [2.75, 3.05) is 0 Å². The molecule has 0 bridgehead atoms. The largest absolute Gasteiger partial charge is 0.481 e. The third-order valence-corrected chi connectivity index (χ3v) is 7.94. The van der Waals surface area contributed by atoms with Gasteiger partial charge in [0.2, 0.25) is 0 Å². The lowest BCUT2D eigenvalue weighted by molar-refractivity contribution is -0.143. The first kappa shape index (κ1) is 23.8. The lowest BCUT2D eigenvalue weighted by Gasteiger charge is -2.18. The predicted octanol–water partition coefficient (Wildman–Crippen LogP) is 6.39. The first-order valence-corrected chi connectivity index (χ1v) is 12.3. The summed E-state index contributed by atoms with van der Waals surface area (Å²) < 4.78 is 5.26. The second-order valence-corrected chi connectivity index (χ2v) is 10.2. The number of carbonyl (C=O) groups is 2. The first-order chi connectivity index (χ1) is 14.8. The average Bonchev–Trinajstić information content (AvgIpc) is 3.65. The maximum atomic E-state index is 11.3. The van der Waals surface area contributed by atoms with Crippen LogP contribution in [0.15, 0.2) is 6.07 Å². The van der Waals surface area contributed by atoms with Gasteiger partial charge in [0, 0.05) is 0 Å². The van der Waals surface area contributed by atoms with Crippen LogP contribution >= 0.6 is 0 Å². The van der Waals surface area contributed by atoms with Gasteiger partial charge in [-0.25, -0.2) is 0 Å². The van der Waals surface area contributed by atoms with Crippen LogP contribution in [0.2, 0.25) is 0 Å². The fourth-order valence-electron chi connectivity index (χ4n) is 5.14. The molecule has 31 heavy (non-hydrogen) atoms. The maximum absolute atomic E-state index is 11.3. The standard InChI is InChI=1S/C27H40O4/c1-20-18-23(10-6-4-5-8-12-26(14-15-26)25(29)30)21(2)22(3)24(20)11-7-9-13-27(16-17-27)31-19-28/h18-19H,4-17H2,1-3H3,(H,29,30). The molecular weight excluding hydrogens is 388 g/mol. The van der Waals surface area contributed by atoms with E-state index in [-0.39, 0.29) is 11.0 Å². The van der Waals surface area contributed by atoms with Crippen LogP contribution in [0.3, 0.4) is 0 Å². The molecule has 0 aliphatic heterocycles. The molecule has 0 aromatic heterocycles. The number of hydrogen-bond acceptors (Lipinski definition) is 3. The summed E-state index contributed by atoms with van der Waals surface area (Å²) >= 11 is 0. The van der Waals surface area contributed by atoms with Crippen molar-refractivity contribution in [2.45, 2.75) is 116 Å². The van der Waals surface area contributed by atoms with Crippen LogP contribution < -0.4 is 0 Å². The highest BCUT2D eigenvalue weighted by Gasteiger charge is 2.49. The molecule has 4 nitrogen and oxygen atoms in total. The molecule has 0 heterocycles. The van der Waals surface area contributed by atoms with Gasteiger partial charge in [-0.05, 0) is 119 Å². The smallest absolute Gasteiger partial charge is 0.309 e. The van der Waals surface area contributed by atoms with Gasteiger partial charge in [0.25, 0.3) is 6.47 Å². The van der Waals surface area contributed by atoms with Gasteiger partial charge >= 0.3 is 5.97 Å². The van der Waals surface area contributed by atoms with Crippen LogP contribution in [-0.4, -0.2) is 23.1 Å². The van der Waals surface area contributed by atoms with E-state index < -0.39 is 5.97 Å². The molecule has 2 fully saturated rings. The Kier molecular flexibility index (Phi) is 7.82. The zero-order valence-corrected chi connectivity index (χ0v) is 19.7. The van der Waals surface area contributed by atoms with Crippen LogP contribution in [0.25, 0.3) is 0 Å². The van der Waals surface area contributed by atoms with E-state index in [0.717, 1.165) is 77.0 Å². The summed E-state index contributed by atoms with van der Waals surface area (Å²) in [5.41, 5.74) is 6.76. The Bertz CT molecular complexity index is 787. The molecule has 1 N–H and O–H groups in total. The van der Waals surface area contributed by atoms with Crippen molar-refractivity contribution in [3.05, 3.63) is 33.9 Å². The molecule has 0 unspecified atom stereocenters. The Balaban J connectivity index is 1.40. The predicted molar refractivity (Wildman–Crippen MR) is 123 cm³/mol. The van der Waals surface area contributed by atoms with Crippen LogP contribution in [0.5, 0.6) is 0 Å².